The molecule has 6 heterocycles. The maximum atomic E-state index is 14.9. The van der Waals surface area contributed by atoms with Crippen molar-refractivity contribution in [1.29, 1.82) is 0 Å². The standard InChI is InChI=1S/3C21H20F4N3.CH4.Fe/c3*1-2-3-4-5-10-28-21-19(24)17(22)16(18(23)20(21)25)15(13-8-6-11-26-13)14-9-7-12-27-14;;/h3*6-9,11-12,28H,2-5,10H2,1H3;1H4;/q3*-1;;+3. The van der Waals surface area contributed by atoms with Gasteiger partial charge in [0, 0.05) is 38.3 Å². The Labute approximate surface area is 503 Å². The van der Waals surface area contributed by atoms with Gasteiger partial charge in [-0.2, -0.15) is 18.6 Å². The molecule has 0 unspecified atom stereocenters. The number of hydrogen-bond donors (Lipinski definition) is 3. The molecule has 0 atom stereocenters. The van der Waals surface area contributed by atoms with Crippen LogP contribution in [-0.4, -0.2) is 38.3 Å². The van der Waals surface area contributed by atoms with Crippen molar-refractivity contribution >= 4 is 52.4 Å². The quantitative estimate of drug-likeness (QED) is 0.0241. The summed E-state index contributed by atoms with van der Waals surface area (Å²) >= 11 is 0. The van der Waals surface area contributed by atoms with E-state index >= 15 is 0 Å². The van der Waals surface area contributed by atoms with E-state index in [-0.39, 0.29) is 95.0 Å². The molecule has 3 aliphatic heterocycles. The number of hydrogen-bond acceptors (Lipinski definition) is 6. The zero-order valence-corrected chi connectivity index (χ0v) is 47.7. The summed E-state index contributed by atoms with van der Waals surface area (Å²) < 4.78 is 177. The van der Waals surface area contributed by atoms with E-state index in [1.54, 1.807) is 36.4 Å². The van der Waals surface area contributed by atoms with Crippen molar-refractivity contribution in [1.82, 2.24) is 15.0 Å². The summed E-state index contributed by atoms with van der Waals surface area (Å²) in [5.74, 6) is -17.6. The van der Waals surface area contributed by atoms with Crippen LogP contribution in [0.4, 0.5) is 69.7 Å². The molecule has 0 bridgehead atoms. The van der Waals surface area contributed by atoms with Gasteiger partial charge in [0.1, 0.15) is 17.1 Å². The van der Waals surface area contributed by atoms with Crippen LogP contribution >= 0.6 is 0 Å². The molecule has 0 saturated heterocycles. The van der Waals surface area contributed by atoms with Gasteiger partial charge in [0.15, 0.2) is 69.8 Å². The molecule has 1 radical (unpaired) electrons. The van der Waals surface area contributed by atoms with Gasteiger partial charge in [-0.3, -0.25) is 15.0 Å². The molecule has 6 aromatic rings. The molecule has 3 aromatic heterocycles. The summed E-state index contributed by atoms with van der Waals surface area (Å²) in [5, 5.41) is 7.46. The number of halogens is 12. The van der Waals surface area contributed by atoms with Crippen molar-refractivity contribution < 1.29 is 69.8 Å². The number of rotatable bonds is 24. The Bertz CT molecular complexity index is 3030. The van der Waals surface area contributed by atoms with Crippen LogP contribution in [0.25, 0.3) is 16.7 Å². The van der Waals surface area contributed by atoms with Gasteiger partial charge < -0.3 is 30.9 Å². The Morgan fingerprint density at radius 3 is 0.791 bits per heavy atom. The Morgan fingerprint density at radius 2 is 0.605 bits per heavy atom. The van der Waals surface area contributed by atoms with Crippen LogP contribution in [0.5, 0.6) is 0 Å². The topological polar surface area (TPSA) is 115 Å². The minimum atomic E-state index is -1.48. The molecule has 0 aliphatic carbocycles. The fraction of sp³-hybridized carbons (Fsp3) is 0.297. The average molecular weight is 1240 g/mol. The average Bonchev–Trinajstić information content (AvgIpc) is 1.76. The van der Waals surface area contributed by atoms with E-state index in [1.807, 2.05) is 20.8 Å². The summed E-state index contributed by atoms with van der Waals surface area (Å²) in [5.41, 5.74) is -4.06. The summed E-state index contributed by atoms with van der Waals surface area (Å²) in [6.07, 6.45) is 28.2. The van der Waals surface area contributed by atoms with Crippen LogP contribution in [0, 0.1) is 69.8 Å². The van der Waals surface area contributed by atoms with Gasteiger partial charge in [-0.15, -0.1) is 17.1 Å². The zero-order valence-electron chi connectivity index (χ0n) is 46.6. The summed E-state index contributed by atoms with van der Waals surface area (Å²) in [6, 6.07) is 9.18. The number of allylic oxidation sites excluding steroid dienone is 6. The minimum Gasteiger partial charge on any atom is -0.664 e. The molecule has 9 rings (SSSR count). The molecule has 3 aliphatic rings. The van der Waals surface area contributed by atoms with Crippen LogP contribution in [0.2, 0.25) is 0 Å². The first-order valence-electron chi connectivity index (χ1n) is 27.6. The molecule has 0 fully saturated rings. The van der Waals surface area contributed by atoms with E-state index < -0.39 is 104 Å². The number of nitrogens with zero attached hydrogens (tertiary/aromatic N) is 6. The monoisotopic (exact) mass is 1240 g/mol. The summed E-state index contributed by atoms with van der Waals surface area (Å²) in [4.78, 5) is 24.1. The summed E-state index contributed by atoms with van der Waals surface area (Å²) in [6.45, 7) is 6.76. The van der Waals surface area contributed by atoms with Crippen LogP contribution in [0.15, 0.2) is 124 Å². The fourth-order valence-electron chi connectivity index (χ4n) is 9.17. The van der Waals surface area contributed by atoms with Gasteiger partial charge in [-0.05, 0) is 72.4 Å². The minimum absolute atomic E-state index is 0. The molecule has 86 heavy (non-hydrogen) atoms. The normalized spacial score (nSPS) is 14.4. The third-order valence-electron chi connectivity index (χ3n) is 13.4. The molecular formula is C64H64F12FeN9. The zero-order chi connectivity index (χ0) is 60.3. The molecule has 9 nitrogen and oxygen atoms in total. The summed E-state index contributed by atoms with van der Waals surface area (Å²) in [7, 11) is 0. The van der Waals surface area contributed by atoms with Gasteiger partial charge in [0.2, 0.25) is 0 Å². The van der Waals surface area contributed by atoms with E-state index in [1.165, 1.54) is 73.7 Å². The second-order valence-electron chi connectivity index (χ2n) is 19.2. The molecule has 3 aromatic carbocycles. The second-order valence-corrected chi connectivity index (χ2v) is 19.2. The Balaban J connectivity index is 0.000000233. The first kappa shape index (κ1) is 68.8. The number of unbranched alkanes of at least 4 members (excludes halogenated alkanes) is 9. The number of nitrogens with one attached hydrogen (secondary N) is 3. The van der Waals surface area contributed by atoms with Crippen molar-refractivity contribution in [3.8, 4) is 0 Å². The Kier molecular flexibility index (Phi) is 26.9. The SMILES string of the molecule is C.CCCCCCNc1c(F)c(F)c(C(=C2C=CC=N2)c2ccc[n-]2)c(F)c1F.CCCCCCNc1c(F)c(F)c(C(=C2C=CC=N2)c2ccc[n-]2)c(F)c1F.CCCCCCNc1c(F)c(F)c(C(=C2C=CC=N2)c2ccc[n-]2)c(F)c1F.[Fe+3]. The first-order valence-corrected chi connectivity index (χ1v) is 27.6. The van der Waals surface area contributed by atoms with Gasteiger partial charge in [0.25, 0.3) is 0 Å². The molecule has 0 spiro atoms. The van der Waals surface area contributed by atoms with Crippen LogP contribution in [0.1, 0.15) is 139 Å². The second kappa shape index (κ2) is 33.7. The molecule has 0 amide bonds. The third kappa shape index (κ3) is 16.1. The Hall–Kier alpha value is -7.97. The fourth-order valence-corrected chi connectivity index (χ4v) is 9.17. The van der Waals surface area contributed by atoms with E-state index in [0.29, 0.717) is 19.3 Å². The number of anilines is 3. The molecule has 457 valence electrons. The maximum Gasteiger partial charge on any atom is 3.00 e. The first-order chi connectivity index (χ1) is 40.7. The Morgan fingerprint density at radius 1 is 0.360 bits per heavy atom. The van der Waals surface area contributed by atoms with Gasteiger partial charge in [-0.25, -0.2) is 52.7 Å². The van der Waals surface area contributed by atoms with Gasteiger partial charge in [-0.1, -0.05) is 122 Å². The van der Waals surface area contributed by atoms with Crippen molar-refractivity contribution in [2.24, 2.45) is 15.0 Å². The predicted octanol–water partition coefficient (Wildman–Crippen LogP) is 17.4. The van der Waals surface area contributed by atoms with Crippen molar-refractivity contribution in [2.75, 3.05) is 35.6 Å². The number of benzene rings is 3. The van der Waals surface area contributed by atoms with Crippen molar-refractivity contribution in [3.63, 3.8) is 0 Å². The number of aromatic nitrogens is 3. The third-order valence-corrected chi connectivity index (χ3v) is 13.4. The van der Waals surface area contributed by atoms with Crippen LogP contribution in [-0.2, 0) is 17.1 Å². The van der Waals surface area contributed by atoms with E-state index in [2.05, 4.69) is 45.9 Å². The van der Waals surface area contributed by atoms with E-state index in [0.717, 1.165) is 57.8 Å². The molecule has 22 heteroatoms. The maximum absolute atomic E-state index is 14.9. The predicted molar refractivity (Wildman–Crippen MR) is 314 cm³/mol. The molecular weight excluding hydrogens is 1180 g/mol. The molecule has 0 saturated carbocycles. The largest absolute Gasteiger partial charge is 3.00 e. The van der Waals surface area contributed by atoms with Crippen LogP contribution in [0.3, 0.4) is 0 Å². The van der Waals surface area contributed by atoms with E-state index in [9.17, 15) is 52.7 Å². The van der Waals surface area contributed by atoms with Crippen LogP contribution < -0.4 is 30.9 Å². The van der Waals surface area contributed by atoms with Gasteiger partial charge >= 0.3 is 17.1 Å². The van der Waals surface area contributed by atoms with E-state index in [4.69, 9.17) is 0 Å². The van der Waals surface area contributed by atoms with Gasteiger partial charge in [0.05, 0.1) is 33.8 Å². The van der Waals surface area contributed by atoms with Crippen molar-refractivity contribution in [3.05, 3.63) is 212 Å². The van der Waals surface area contributed by atoms with Crippen molar-refractivity contribution in [2.45, 2.75) is 105 Å². The smallest absolute Gasteiger partial charge is 0.664 e. The number of aliphatic imine (C=N–C) groups is 3. The molecule has 3 N–H and O–H groups in total.